The van der Waals surface area contributed by atoms with Crippen LogP contribution in [-0.2, 0) is 20.8 Å². The standard InChI is InChI=1S/C10H13BN4O5/c12-19-10(17)7-3-1-2-6-4-8(15-14-5-16)11(20-13)18-9(6)7/h1-3,5,8,15H,4,12-13H2,(H,14,16)/t8-/m0/s1. The largest absolute Gasteiger partial charge is 0.562 e. The molecule has 1 aliphatic rings. The molecule has 1 heterocycles. The summed E-state index contributed by atoms with van der Waals surface area (Å²) < 4.78 is 10.2. The molecule has 0 fully saturated rings. The minimum atomic E-state index is -0.887. The number of hydrogen-bond donors (Lipinski definition) is 4. The van der Waals surface area contributed by atoms with Crippen molar-refractivity contribution in [2.45, 2.75) is 12.4 Å². The number of para-hydroxylation sites is 1. The summed E-state index contributed by atoms with van der Waals surface area (Å²) in [5, 5.41) is 0. The molecule has 106 valence electrons. The first kappa shape index (κ1) is 14.3. The van der Waals surface area contributed by atoms with E-state index in [4.69, 9.17) is 21.2 Å². The molecule has 6 N–H and O–H groups in total. The fourth-order valence-electron chi connectivity index (χ4n) is 2.02. The molecular weight excluding hydrogens is 267 g/mol. The van der Waals surface area contributed by atoms with Crippen LogP contribution in [0.2, 0.25) is 0 Å². The predicted molar refractivity (Wildman–Crippen MR) is 67.5 cm³/mol. The maximum Gasteiger partial charge on any atom is 0.562 e. The average Bonchev–Trinajstić information content (AvgIpc) is 2.50. The van der Waals surface area contributed by atoms with Gasteiger partial charge in [0.15, 0.2) is 0 Å². The van der Waals surface area contributed by atoms with E-state index in [-0.39, 0.29) is 5.56 Å². The summed E-state index contributed by atoms with van der Waals surface area (Å²) in [5.74, 6) is 9.19. The second-order valence-electron chi connectivity index (χ2n) is 4.04. The molecule has 1 amide bonds. The second kappa shape index (κ2) is 6.35. The highest BCUT2D eigenvalue weighted by Crippen LogP contribution is 2.30. The van der Waals surface area contributed by atoms with Gasteiger partial charge >= 0.3 is 13.1 Å². The Kier molecular flexibility index (Phi) is 4.53. The molecule has 0 saturated carbocycles. The van der Waals surface area contributed by atoms with Gasteiger partial charge in [-0.2, -0.15) is 5.90 Å². The number of benzene rings is 1. The summed E-state index contributed by atoms with van der Waals surface area (Å²) in [6.07, 6.45) is 0.898. The maximum absolute atomic E-state index is 11.6. The van der Waals surface area contributed by atoms with E-state index in [1.807, 2.05) is 0 Å². The van der Waals surface area contributed by atoms with E-state index in [0.717, 1.165) is 5.56 Å². The molecule has 0 spiro atoms. The highest BCUT2D eigenvalue weighted by Gasteiger charge is 2.39. The van der Waals surface area contributed by atoms with Crippen LogP contribution in [0, 0.1) is 0 Å². The van der Waals surface area contributed by atoms with E-state index in [1.165, 1.54) is 6.07 Å². The van der Waals surface area contributed by atoms with Crippen LogP contribution in [0.1, 0.15) is 15.9 Å². The topological polar surface area (TPSA) is 138 Å². The molecule has 0 unspecified atom stereocenters. The van der Waals surface area contributed by atoms with Crippen molar-refractivity contribution in [3.05, 3.63) is 29.3 Å². The summed E-state index contributed by atoms with van der Waals surface area (Å²) in [7, 11) is -0.887. The van der Waals surface area contributed by atoms with E-state index in [1.54, 1.807) is 12.1 Å². The van der Waals surface area contributed by atoms with Gasteiger partial charge in [0, 0.05) is 0 Å². The lowest BCUT2D eigenvalue weighted by Gasteiger charge is -2.29. The van der Waals surface area contributed by atoms with Gasteiger partial charge in [0.2, 0.25) is 6.41 Å². The van der Waals surface area contributed by atoms with Crippen molar-refractivity contribution >= 4 is 19.5 Å². The highest BCUT2D eigenvalue weighted by atomic mass is 16.7. The first-order chi connectivity index (χ1) is 9.71. The Morgan fingerprint density at radius 3 is 2.95 bits per heavy atom. The fourth-order valence-corrected chi connectivity index (χ4v) is 2.02. The molecule has 0 aliphatic carbocycles. The molecular formula is C10H13BN4O5. The molecule has 0 saturated heterocycles. The number of nitrogens with two attached hydrogens (primary N) is 2. The van der Waals surface area contributed by atoms with Crippen LogP contribution in [0.5, 0.6) is 5.75 Å². The lowest BCUT2D eigenvalue weighted by Crippen LogP contribution is -2.57. The minimum absolute atomic E-state index is 0.175. The van der Waals surface area contributed by atoms with Crippen molar-refractivity contribution in [2.75, 3.05) is 0 Å². The smallest absolute Gasteiger partial charge is 0.533 e. The van der Waals surface area contributed by atoms with E-state index in [9.17, 15) is 9.59 Å². The van der Waals surface area contributed by atoms with Crippen molar-refractivity contribution in [3.63, 3.8) is 0 Å². The third-order valence-electron chi connectivity index (χ3n) is 2.89. The van der Waals surface area contributed by atoms with E-state index >= 15 is 0 Å². The molecule has 9 nitrogen and oxygen atoms in total. The first-order valence-corrected chi connectivity index (χ1v) is 5.71. The monoisotopic (exact) mass is 280 g/mol. The minimum Gasteiger partial charge on any atom is -0.533 e. The normalized spacial score (nSPS) is 16.9. The van der Waals surface area contributed by atoms with Gasteiger partial charge in [-0.3, -0.25) is 10.2 Å². The quantitative estimate of drug-likeness (QED) is 0.281. The number of rotatable bonds is 5. The number of carbonyl (C=O) groups excluding carboxylic acids is 2. The Morgan fingerprint density at radius 1 is 1.50 bits per heavy atom. The molecule has 20 heavy (non-hydrogen) atoms. The zero-order valence-corrected chi connectivity index (χ0v) is 10.4. The Hall–Kier alpha value is -2.14. The molecule has 0 aromatic heterocycles. The Labute approximate surface area is 114 Å². The second-order valence-corrected chi connectivity index (χ2v) is 4.04. The zero-order valence-electron chi connectivity index (χ0n) is 10.4. The fraction of sp³-hybridized carbons (Fsp3) is 0.200. The molecule has 10 heteroatoms. The number of amides is 1. The van der Waals surface area contributed by atoms with E-state index < -0.39 is 19.0 Å². The van der Waals surface area contributed by atoms with Gasteiger partial charge in [-0.25, -0.2) is 16.1 Å². The first-order valence-electron chi connectivity index (χ1n) is 5.71. The van der Waals surface area contributed by atoms with Gasteiger partial charge in [-0.15, -0.1) is 0 Å². The van der Waals surface area contributed by atoms with E-state index in [0.29, 0.717) is 18.6 Å². The molecule has 1 atom stereocenters. The number of fused-ring (bicyclic) bond motifs is 1. The lowest BCUT2D eigenvalue weighted by atomic mass is 9.72. The Morgan fingerprint density at radius 2 is 2.30 bits per heavy atom. The maximum atomic E-state index is 11.6. The summed E-state index contributed by atoms with van der Waals surface area (Å²) in [4.78, 5) is 26.1. The van der Waals surface area contributed by atoms with Crippen LogP contribution < -0.4 is 27.3 Å². The van der Waals surface area contributed by atoms with Crippen LogP contribution in [-0.4, -0.2) is 25.4 Å². The van der Waals surface area contributed by atoms with Crippen molar-refractivity contribution < 1.29 is 23.8 Å². The van der Waals surface area contributed by atoms with Gasteiger partial charge < -0.3 is 14.2 Å². The molecule has 0 radical (unpaired) electrons. The van der Waals surface area contributed by atoms with Crippen LogP contribution in [0.4, 0.5) is 0 Å². The molecule has 0 bridgehead atoms. The van der Waals surface area contributed by atoms with Crippen molar-refractivity contribution in [3.8, 4) is 5.75 Å². The third-order valence-corrected chi connectivity index (χ3v) is 2.89. The molecule has 1 aliphatic heterocycles. The van der Waals surface area contributed by atoms with Gasteiger partial charge in [0.1, 0.15) is 11.3 Å². The van der Waals surface area contributed by atoms with Gasteiger partial charge in [0.25, 0.3) is 0 Å². The average molecular weight is 280 g/mol. The van der Waals surface area contributed by atoms with Gasteiger partial charge in [0.05, 0.1) is 5.94 Å². The zero-order chi connectivity index (χ0) is 14.5. The predicted octanol–water partition coefficient (Wildman–Crippen LogP) is -1.81. The molecule has 1 aromatic carbocycles. The van der Waals surface area contributed by atoms with Crippen LogP contribution in [0.15, 0.2) is 18.2 Å². The third kappa shape index (κ3) is 2.73. The lowest BCUT2D eigenvalue weighted by molar-refractivity contribution is -0.110. The van der Waals surface area contributed by atoms with Crippen LogP contribution in [0.25, 0.3) is 0 Å². The van der Waals surface area contributed by atoms with Crippen molar-refractivity contribution in [1.29, 1.82) is 0 Å². The Bertz CT molecular complexity index is 514. The van der Waals surface area contributed by atoms with E-state index in [2.05, 4.69) is 15.7 Å². The number of nitrogens with one attached hydrogen (secondary N) is 2. The van der Waals surface area contributed by atoms with Crippen molar-refractivity contribution in [2.24, 2.45) is 11.8 Å². The SMILES string of the molecule is NOB1Oc2c(cccc2C(=O)ON)C[C@@H]1NNC=O. The Balaban J connectivity index is 2.30. The summed E-state index contributed by atoms with van der Waals surface area (Å²) in [6, 6.07) is 4.95. The van der Waals surface area contributed by atoms with Gasteiger partial charge in [-0.05, 0) is 18.1 Å². The number of carbonyl (C=O) groups is 2. The number of hydrazine groups is 1. The van der Waals surface area contributed by atoms with Crippen LogP contribution in [0.3, 0.4) is 0 Å². The highest BCUT2D eigenvalue weighted by molar-refractivity contribution is 6.48. The molecule has 1 aromatic rings. The number of hydrogen-bond acceptors (Lipinski definition) is 8. The summed E-state index contributed by atoms with van der Waals surface area (Å²) in [5.41, 5.74) is 5.89. The summed E-state index contributed by atoms with van der Waals surface area (Å²) in [6.45, 7) is 0. The molecule has 2 rings (SSSR count). The summed E-state index contributed by atoms with van der Waals surface area (Å²) >= 11 is 0. The van der Waals surface area contributed by atoms with Crippen LogP contribution >= 0.6 is 0 Å². The van der Waals surface area contributed by atoms with Crippen molar-refractivity contribution in [1.82, 2.24) is 10.9 Å². The van der Waals surface area contributed by atoms with Gasteiger partial charge in [-0.1, -0.05) is 12.1 Å².